The van der Waals surface area contributed by atoms with E-state index in [1.165, 1.54) is 11.3 Å². The van der Waals surface area contributed by atoms with Crippen LogP contribution in [0.25, 0.3) is 0 Å². The molecule has 1 unspecified atom stereocenters. The molecule has 2 aromatic rings. The van der Waals surface area contributed by atoms with Crippen LogP contribution in [0.2, 0.25) is 0 Å². The lowest BCUT2D eigenvalue weighted by atomic mass is 10.1. The smallest absolute Gasteiger partial charge is 0.243 e. The second kappa shape index (κ2) is 9.82. The first-order valence-corrected chi connectivity index (χ1v) is 12.2. The molecular formula is C22H34N6O2S. The summed E-state index contributed by atoms with van der Waals surface area (Å²) in [6.07, 6.45) is 2.73. The topological polar surface area (TPSA) is 91.6 Å². The third-order valence-electron chi connectivity index (χ3n) is 5.86. The second-order valence-electron chi connectivity index (χ2n) is 8.20. The van der Waals surface area contributed by atoms with Crippen molar-refractivity contribution in [1.82, 2.24) is 24.7 Å². The van der Waals surface area contributed by atoms with Gasteiger partial charge in [-0.15, -0.1) is 0 Å². The Balaban J connectivity index is 1.55. The highest BCUT2D eigenvalue weighted by atomic mass is 32.2. The first-order valence-electron chi connectivity index (χ1n) is 10.8. The van der Waals surface area contributed by atoms with E-state index in [2.05, 4.69) is 34.6 Å². The van der Waals surface area contributed by atoms with Gasteiger partial charge in [0.15, 0.2) is 5.96 Å². The SMILES string of the molecule is CN=C(NCc1ccc(S(=O)(=O)N2CCCC2)cc1)NC(C)Cc1c(C)nn(C)c1C. The molecule has 0 saturated carbocycles. The molecule has 1 aromatic heterocycles. The number of aryl methyl sites for hydroxylation is 2. The molecule has 170 valence electrons. The van der Waals surface area contributed by atoms with Crippen molar-refractivity contribution < 1.29 is 8.42 Å². The molecule has 1 aromatic carbocycles. The predicted molar refractivity (Wildman–Crippen MR) is 124 cm³/mol. The highest BCUT2D eigenvalue weighted by Gasteiger charge is 2.26. The van der Waals surface area contributed by atoms with E-state index < -0.39 is 10.0 Å². The number of nitrogens with one attached hydrogen (secondary N) is 2. The minimum Gasteiger partial charge on any atom is -0.354 e. The van der Waals surface area contributed by atoms with Gasteiger partial charge in [0.2, 0.25) is 10.0 Å². The van der Waals surface area contributed by atoms with Crippen molar-refractivity contribution in [2.45, 2.75) is 57.5 Å². The van der Waals surface area contributed by atoms with Crippen LogP contribution < -0.4 is 10.6 Å². The lowest BCUT2D eigenvalue weighted by molar-refractivity contribution is 0.477. The van der Waals surface area contributed by atoms with Crippen LogP contribution in [0, 0.1) is 13.8 Å². The summed E-state index contributed by atoms with van der Waals surface area (Å²) in [7, 11) is 0.336. The Morgan fingerprint density at radius 3 is 2.39 bits per heavy atom. The summed E-state index contributed by atoms with van der Waals surface area (Å²) in [5.74, 6) is 0.709. The minimum absolute atomic E-state index is 0.181. The number of benzene rings is 1. The molecule has 0 spiro atoms. The molecule has 9 heteroatoms. The standard InChI is InChI=1S/C22H34N6O2S/c1-16(14-21-17(2)26-27(5)18(21)3)25-22(23-4)24-15-19-8-10-20(11-9-19)31(29,30)28-12-6-7-13-28/h8-11,16H,6-7,12-15H2,1-5H3,(H2,23,24,25). The van der Waals surface area contributed by atoms with Crippen LogP contribution in [0.3, 0.4) is 0 Å². The maximum atomic E-state index is 12.7. The van der Waals surface area contributed by atoms with Gasteiger partial charge in [-0.05, 0) is 63.3 Å². The van der Waals surface area contributed by atoms with Gasteiger partial charge in [0, 0.05) is 45.5 Å². The third-order valence-corrected chi connectivity index (χ3v) is 7.77. The molecule has 2 N–H and O–H groups in total. The van der Waals surface area contributed by atoms with E-state index in [4.69, 9.17) is 0 Å². The molecular weight excluding hydrogens is 412 g/mol. The van der Waals surface area contributed by atoms with Crippen LogP contribution in [0.1, 0.15) is 42.3 Å². The fourth-order valence-corrected chi connectivity index (χ4v) is 5.46. The summed E-state index contributed by atoms with van der Waals surface area (Å²) < 4.78 is 28.8. The minimum atomic E-state index is -3.37. The van der Waals surface area contributed by atoms with E-state index in [9.17, 15) is 8.42 Å². The van der Waals surface area contributed by atoms with E-state index in [1.807, 2.05) is 30.8 Å². The second-order valence-corrected chi connectivity index (χ2v) is 10.1. The summed E-state index contributed by atoms with van der Waals surface area (Å²) >= 11 is 0. The van der Waals surface area contributed by atoms with Crippen LogP contribution in [-0.2, 0) is 30.0 Å². The number of aliphatic imine (C=N–C) groups is 1. The van der Waals surface area contributed by atoms with Crippen molar-refractivity contribution in [2.24, 2.45) is 12.0 Å². The van der Waals surface area contributed by atoms with Gasteiger partial charge in [-0.3, -0.25) is 9.67 Å². The molecule has 0 amide bonds. The molecule has 1 aliphatic rings. The number of sulfonamides is 1. The van der Waals surface area contributed by atoms with Crippen molar-refractivity contribution in [3.8, 4) is 0 Å². The predicted octanol–water partition coefficient (Wildman–Crippen LogP) is 2.12. The monoisotopic (exact) mass is 446 g/mol. The van der Waals surface area contributed by atoms with Crippen LogP contribution >= 0.6 is 0 Å². The van der Waals surface area contributed by atoms with E-state index >= 15 is 0 Å². The van der Waals surface area contributed by atoms with E-state index in [-0.39, 0.29) is 6.04 Å². The summed E-state index contributed by atoms with van der Waals surface area (Å²) in [6, 6.07) is 7.28. The maximum absolute atomic E-state index is 12.7. The number of guanidine groups is 1. The van der Waals surface area contributed by atoms with Gasteiger partial charge in [0.05, 0.1) is 10.6 Å². The average molecular weight is 447 g/mol. The molecule has 1 aliphatic heterocycles. The highest BCUT2D eigenvalue weighted by Crippen LogP contribution is 2.21. The molecule has 1 fully saturated rings. The van der Waals surface area contributed by atoms with Gasteiger partial charge in [0.1, 0.15) is 0 Å². The number of nitrogens with zero attached hydrogens (tertiary/aromatic N) is 4. The summed E-state index contributed by atoms with van der Waals surface area (Å²) in [6.45, 7) is 8.03. The Hall–Kier alpha value is -2.39. The molecule has 0 bridgehead atoms. The van der Waals surface area contributed by atoms with Crippen molar-refractivity contribution >= 4 is 16.0 Å². The Bertz CT molecular complexity index is 1020. The molecule has 31 heavy (non-hydrogen) atoms. The molecule has 3 rings (SSSR count). The van der Waals surface area contributed by atoms with Crippen molar-refractivity contribution in [1.29, 1.82) is 0 Å². The average Bonchev–Trinajstić information content (AvgIpc) is 3.37. The first kappa shape index (κ1) is 23.3. The van der Waals surface area contributed by atoms with E-state index in [0.29, 0.717) is 30.5 Å². The van der Waals surface area contributed by atoms with Gasteiger partial charge >= 0.3 is 0 Å². The normalized spacial score (nSPS) is 16.5. The van der Waals surface area contributed by atoms with Crippen LogP contribution in [0.15, 0.2) is 34.2 Å². The summed E-state index contributed by atoms with van der Waals surface area (Å²) in [5.41, 5.74) is 4.49. The van der Waals surface area contributed by atoms with E-state index in [1.54, 1.807) is 23.5 Å². The third kappa shape index (κ3) is 5.46. The fraction of sp³-hybridized carbons (Fsp3) is 0.545. The first-order chi connectivity index (χ1) is 14.7. The van der Waals surface area contributed by atoms with Gasteiger partial charge in [-0.1, -0.05) is 12.1 Å². The van der Waals surface area contributed by atoms with Crippen molar-refractivity contribution in [2.75, 3.05) is 20.1 Å². The zero-order valence-electron chi connectivity index (χ0n) is 19.1. The van der Waals surface area contributed by atoms with Crippen molar-refractivity contribution in [3.63, 3.8) is 0 Å². The van der Waals surface area contributed by atoms with Crippen LogP contribution in [0.4, 0.5) is 0 Å². The Morgan fingerprint density at radius 2 is 1.84 bits per heavy atom. The Morgan fingerprint density at radius 1 is 1.19 bits per heavy atom. The quantitative estimate of drug-likeness (QED) is 0.502. The molecule has 2 heterocycles. The molecule has 0 radical (unpaired) electrons. The molecule has 8 nitrogen and oxygen atoms in total. The number of hydrogen-bond donors (Lipinski definition) is 2. The Labute approximate surface area is 185 Å². The number of aromatic nitrogens is 2. The van der Waals surface area contributed by atoms with Crippen molar-refractivity contribution in [3.05, 3.63) is 46.8 Å². The van der Waals surface area contributed by atoms with Crippen LogP contribution in [-0.4, -0.2) is 54.6 Å². The Kier molecular flexibility index (Phi) is 7.38. The zero-order chi connectivity index (χ0) is 22.6. The summed E-state index contributed by atoms with van der Waals surface area (Å²) in [4.78, 5) is 4.67. The lowest BCUT2D eigenvalue weighted by Crippen LogP contribution is -2.42. The largest absolute Gasteiger partial charge is 0.354 e. The summed E-state index contributed by atoms with van der Waals surface area (Å²) in [5, 5.41) is 11.2. The maximum Gasteiger partial charge on any atom is 0.243 e. The van der Waals surface area contributed by atoms with Gasteiger partial charge in [0.25, 0.3) is 0 Å². The highest BCUT2D eigenvalue weighted by molar-refractivity contribution is 7.89. The van der Waals surface area contributed by atoms with Gasteiger partial charge < -0.3 is 10.6 Å². The molecule has 1 atom stereocenters. The van der Waals surface area contributed by atoms with E-state index in [0.717, 1.165) is 30.5 Å². The fourth-order valence-electron chi connectivity index (χ4n) is 3.94. The zero-order valence-corrected chi connectivity index (χ0v) is 20.0. The number of rotatable bonds is 7. The van der Waals surface area contributed by atoms with Gasteiger partial charge in [-0.2, -0.15) is 9.40 Å². The molecule has 1 saturated heterocycles. The van der Waals surface area contributed by atoms with Crippen LogP contribution in [0.5, 0.6) is 0 Å². The van der Waals surface area contributed by atoms with Gasteiger partial charge in [-0.25, -0.2) is 8.42 Å². The number of hydrogen-bond acceptors (Lipinski definition) is 4. The lowest BCUT2D eigenvalue weighted by Gasteiger charge is -2.19. The molecule has 0 aliphatic carbocycles.